The van der Waals surface area contributed by atoms with Crippen LogP contribution in [0.25, 0.3) is 0 Å². The maximum absolute atomic E-state index is 11.0. The van der Waals surface area contributed by atoms with E-state index in [9.17, 15) is 4.79 Å². The number of halogens is 2. The predicted molar refractivity (Wildman–Crippen MR) is 103 cm³/mol. The number of carboxylic acid groups (broad SMARTS) is 1. The molecule has 0 spiro atoms. The van der Waals surface area contributed by atoms with Crippen molar-refractivity contribution in [2.45, 2.75) is 19.1 Å². The topological polar surface area (TPSA) is 59.0 Å². The van der Waals surface area contributed by atoms with E-state index in [1.807, 2.05) is 18.2 Å². The highest BCUT2D eigenvalue weighted by molar-refractivity contribution is 6.33. The third kappa shape index (κ3) is 4.00. The van der Waals surface area contributed by atoms with Crippen LogP contribution in [-0.4, -0.2) is 41.7 Å². The summed E-state index contributed by atoms with van der Waals surface area (Å²) in [5, 5.41) is 10.3. The minimum atomic E-state index is -0.718. The number of hydrogen-bond donors (Lipinski definition) is 1. The fourth-order valence-corrected chi connectivity index (χ4v) is 3.81. The molecule has 0 amide bonds. The molecule has 0 saturated carbocycles. The molecule has 2 heterocycles. The normalized spacial score (nSPS) is 19.7. The number of benzene rings is 2. The van der Waals surface area contributed by atoms with Gasteiger partial charge in [0, 0.05) is 40.8 Å². The van der Waals surface area contributed by atoms with Gasteiger partial charge in [-0.05, 0) is 36.2 Å². The highest BCUT2D eigenvalue weighted by Gasteiger charge is 2.38. The number of carbonyl (C=O) groups is 1. The van der Waals surface area contributed by atoms with E-state index in [2.05, 4.69) is 4.90 Å². The molecule has 1 fully saturated rings. The van der Waals surface area contributed by atoms with Gasteiger partial charge in [0.15, 0.2) is 0 Å². The Labute approximate surface area is 167 Å². The zero-order valence-corrected chi connectivity index (χ0v) is 16.0. The minimum absolute atomic E-state index is 0.227. The first kappa shape index (κ1) is 18.4. The van der Waals surface area contributed by atoms with Crippen molar-refractivity contribution < 1.29 is 19.4 Å². The quantitative estimate of drug-likeness (QED) is 0.814. The molecule has 0 aromatic heterocycles. The van der Waals surface area contributed by atoms with Gasteiger partial charge < -0.3 is 14.6 Å². The lowest BCUT2D eigenvalue weighted by atomic mass is 9.93. The molecule has 0 radical (unpaired) electrons. The van der Waals surface area contributed by atoms with Gasteiger partial charge in [0.05, 0.1) is 5.92 Å². The van der Waals surface area contributed by atoms with Crippen LogP contribution in [0.15, 0.2) is 36.4 Å². The highest BCUT2D eigenvalue weighted by atomic mass is 35.5. The van der Waals surface area contributed by atoms with Gasteiger partial charge in [0.25, 0.3) is 0 Å². The molecule has 7 heteroatoms. The number of nitrogens with zero attached hydrogens (tertiary/aromatic N) is 1. The molecule has 1 N–H and O–H groups in total. The summed E-state index contributed by atoms with van der Waals surface area (Å²) in [6, 6.07) is 11.3. The van der Waals surface area contributed by atoms with Crippen molar-refractivity contribution in [2.24, 2.45) is 5.92 Å². The van der Waals surface area contributed by atoms with E-state index in [0.29, 0.717) is 42.1 Å². The first-order valence-corrected chi connectivity index (χ1v) is 9.54. The molecule has 1 atom stereocenters. The SMILES string of the molecule is O=C(O)C1CN(C2COc3cc(OCc4cc(Cl)ccc4Cl)ccc3C2)C1. The van der Waals surface area contributed by atoms with E-state index in [-0.39, 0.29) is 12.0 Å². The molecule has 4 rings (SSSR count). The minimum Gasteiger partial charge on any atom is -0.492 e. The van der Waals surface area contributed by atoms with Gasteiger partial charge in [-0.25, -0.2) is 0 Å². The van der Waals surface area contributed by atoms with Crippen molar-refractivity contribution in [3.05, 3.63) is 57.6 Å². The number of ether oxygens (including phenoxy) is 2. The van der Waals surface area contributed by atoms with Crippen LogP contribution in [0, 0.1) is 5.92 Å². The second kappa shape index (κ2) is 7.58. The van der Waals surface area contributed by atoms with E-state index in [4.69, 9.17) is 37.8 Å². The zero-order chi connectivity index (χ0) is 19.0. The Morgan fingerprint density at radius 3 is 2.81 bits per heavy atom. The van der Waals surface area contributed by atoms with Crippen molar-refractivity contribution in [3.63, 3.8) is 0 Å². The molecule has 5 nitrogen and oxygen atoms in total. The average molecular weight is 408 g/mol. The van der Waals surface area contributed by atoms with Gasteiger partial charge in [-0.3, -0.25) is 9.69 Å². The molecule has 0 bridgehead atoms. The lowest BCUT2D eigenvalue weighted by Gasteiger charge is -2.43. The van der Waals surface area contributed by atoms with Crippen LogP contribution in [0.4, 0.5) is 0 Å². The van der Waals surface area contributed by atoms with Crippen LogP contribution in [0.2, 0.25) is 10.0 Å². The van der Waals surface area contributed by atoms with Crippen molar-refractivity contribution in [1.29, 1.82) is 0 Å². The Morgan fingerprint density at radius 1 is 1.22 bits per heavy atom. The number of fused-ring (bicyclic) bond motifs is 1. The molecular formula is C20H19Cl2NO4. The van der Waals surface area contributed by atoms with Crippen LogP contribution < -0.4 is 9.47 Å². The molecule has 2 aromatic carbocycles. The monoisotopic (exact) mass is 407 g/mol. The van der Waals surface area contributed by atoms with E-state index in [1.165, 1.54) is 0 Å². The third-order valence-electron chi connectivity index (χ3n) is 5.10. The summed E-state index contributed by atoms with van der Waals surface area (Å²) in [6.45, 7) is 2.08. The summed E-state index contributed by atoms with van der Waals surface area (Å²) in [4.78, 5) is 13.1. The third-order valence-corrected chi connectivity index (χ3v) is 5.71. The van der Waals surface area contributed by atoms with E-state index in [1.54, 1.807) is 18.2 Å². The molecule has 1 unspecified atom stereocenters. The first-order chi connectivity index (χ1) is 13.0. The average Bonchev–Trinajstić information content (AvgIpc) is 2.61. The Balaban J connectivity index is 1.37. The summed E-state index contributed by atoms with van der Waals surface area (Å²) < 4.78 is 11.8. The van der Waals surface area contributed by atoms with Crippen LogP contribution >= 0.6 is 23.2 Å². The standard InChI is InChI=1S/C20H19Cl2NO4/c21-15-2-4-18(22)13(5-15)10-26-17-3-1-12-6-16(11-27-19(12)7-17)23-8-14(9-23)20(24)25/h1-5,7,14,16H,6,8-11H2,(H,24,25). The summed E-state index contributed by atoms with van der Waals surface area (Å²) in [6.07, 6.45) is 0.849. The zero-order valence-electron chi connectivity index (χ0n) is 14.5. The van der Waals surface area contributed by atoms with Gasteiger partial charge in [-0.2, -0.15) is 0 Å². The van der Waals surface area contributed by atoms with Crippen molar-refractivity contribution in [1.82, 2.24) is 4.90 Å². The maximum atomic E-state index is 11.0. The maximum Gasteiger partial charge on any atom is 0.309 e. The molecule has 2 aliphatic rings. The second-order valence-electron chi connectivity index (χ2n) is 6.95. The summed E-state index contributed by atoms with van der Waals surface area (Å²) in [7, 11) is 0. The second-order valence-corrected chi connectivity index (χ2v) is 7.80. The van der Waals surface area contributed by atoms with Crippen molar-refractivity contribution in [2.75, 3.05) is 19.7 Å². The lowest BCUT2D eigenvalue weighted by molar-refractivity contribution is -0.149. The fourth-order valence-electron chi connectivity index (χ4n) is 3.44. The van der Waals surface area contributed by atoms with Gasteiger partial charge in [0.1, 0.15) is 24.7 Å². The molecular weight excluding hydrogens is 389 g/mol. The lowest BCUT2D eigenvalue weighted by Crippen LogP contribution is -2.57. The molecule has 0 aliphatic carbocycles. The number of aliphatic carboxylic acids is 1. The van der Waals surface area contributed by atoms with Crippen molar-refractivity contribution in [3.8, 4) is 11.5 Å². The molecule has 1 saturated heterocycles. The van der Waals surface area contributed by atoms with Gasteiger partial charge in [-0.1, -0.05) is 29.3 Å². The molecule has 2 aliphatic heterocycles. The highest BCUT2D eigenvalue weighted by Crippen LogP contribution is 2.33. The summed E-state index contributed by atoms with van der Waals surface area (Å²) in [5.74, 6) is 0.555. The fraction of sp³-hybridized carbons (Fsp3) is 0.350. The van der Waals surface area contributed by atoms with Gasteiger partial charge in [-0.15, -0.1) is 0 Å². The van der Waals surface area contributed by atoms with E-state index < -0.39 is 5.97 Å². The Morgan fingerprint density at radius 2 is 2.04 bits per heavy atom. The molecule has 27 heavy (non-hydrogen) atoms. The number of hydrogen-bond acceptors (Lipinski definition) is 4. The smallest absolute Gasteiger partial charge is 0.309 e. The Bertz CT molecular complexity index is 867. The molecule has 2 aromatic rings. The number of rotatable bonds is 5. The Hall–Kier alpha value is -1.95. The largest absolute Gasteiger partial charge is 0.492 e. The van der Waals surface area contributed by atoms with Crippen molar-refractivity contribution >= 4 is 29.2 Å². The van der Waals surface area contributed by atoms with Crippen LogP contribution in [0.3, 0.4) is 0 Å². The summed E-state index contributed by atoms with van der Waals surface area (Å²) >= 11 is 12.2. The number of likely N-dealkylation sites (tertiary alicyclic amines) is 1. The number of carboxylic acids is 1. The predicted octanol–water partition coefficient (Wildman–Crippen LogP) is 3.89. The van der Waals surface area contributed by atoms with Crippen LogP contribution in [-0.2, 0) is 17.8 Å². The van der Waals surface area contributed by atoms with Gasteiger partial charge in [0.2, 0.25) is 0 Å². The first-order valence-electron chi connectivity index (χ1n) is 8.79. The summed E-state index contributed by atoms with van der Waals surface area (Å²) in [5.41, 5.74) is 1.94. The van der Waals surface area contributed by atoms with Crippen LogP contribution in [0.5, 0.6) is 11.5 Å². The Kier molecular flexibility index (Phi) is 5.17. The molecule has 142 valence electrons. The van der Waals surface area contributed by atoms with E-state index in [0.717, 1.165) is 23.3 Å². The van der Waals surface area contributed by atoms with Crippen LogP contribution in [0.1, 0.15) is 11.1 Å². The van der Waals surface area contributed by atoms with Gasteiger partial charge >= 0.3 is 5.97 Å². The van der Waals surface area contributed by atoms with E-state index >= 15 is 0 Å².